The fraction of sp³-hybridized carbons (Fsp3) is 0.455. The monoisotopic (exact) mass is 214 g/mol. The molecule has 0 saturated heterocycles. The number of unbranched alkanes of at least 4 members (excludes halogenated alkanes) is 1. The van der Waals surface area contributed by atoms with Crippen LogP contribution in [0.5, 0.6) is 0 Å². The van der Waals surface area contributed by atoms with Gasteiger partial charge in [0.25, 0.3) is 0 Å². The Morgan fingerprint density at radius 2 is 1.85 bits per heavy atom. The van der Waals surface area contributed by atoms with Crippen LogP contribution < -0.4 is 0 Å². The molecule has 0 aliphatic carbocycles. The minimum atomic E-state index is 0.798. The van der Waals surface area contributed by atoms with E-state index < -0.39 is 0 Å². The summed E-state index contributed by atoms with van der Waals surface area (Å²) in [6, 6.07) is 10.6. The van der Waals surface area contributed by atoms with Crippen LogP contribution in [0.25, 0.3) is 0 Å². The van der Waals surface area contributed by atoms with E-state index in [1.807, 2.05) is 11.8 Å². The molecule has 1 rings (SSSR count). The van der Waals surface area contributed by atoms with Gasteiger partial charge in [-0.25, -0.2) is 0 Å². The van der Waals surface area contributed by atoms with E-state index in [1.165, 1.54) is 17.7 Å². The molecule has 0 bridgehead atoms. The molecule has 0 atom stereocenters. The van der Waals surface area contributed by atoms with Gasteiger partial charge >= 0.3 is 0 Å². The molecule has 0 nitrogen and oxygen atoms in total. The predicted molar refractivity (Wildman–Crippen MR) is 62.6 cm³/mol. The summed E-state index contributed by atoms with van der Waals surface area (Å²) in [5.41, 5.74) is 1.42. The van der Waals surface area contributed by atoms with Crippen molar-refractivity contribution in [2.24, 2.45) is 0 Å². The highest BCUT2D eigenvalue weighted by Gasteiger charge is 1.91. The number of alkyl halides is 1. The zero-order valence-electron chi connectivity index (χ0n) is 7.71. The summed E-state index contributed by atoms with van der Waals surface area (Å²) in [4.78, 5) is 0. The molecule has 0 aliphatic rings. The lowest BCUT2D eigenvalue weighted by Gasteiger charge is -2.00. The van der Waals surface area contributed by atoms with E-state index in [1.54, 1.807) is 0 Å². The molecular weight excluding hydrogens is 200 g/mol. The van der Waals surface area contributed by atoms with Crippen molar-refractivity contribution in [1.82, 2.24) is 0 Å². The van der Waals surface area contributed by atoms with Crippen LogP contribution >= 0.6 is 23.4 Å². The molecule has 0 saturated carbocycles. The third-order valence-corrected chi connectivity index (χ3v) is 3.17. The maximum atomic E-state index is 5.59. The van der Waals surface area contributed by atoms with Crippen LogP contribution in [-0.4, -0.2) is 11.6 Å². The second-order valence-electron chi connectivity index (χ2n) is 2.93. The number of benzene rings is 1. The second kappa shape index (κ2) is 7.28. The summed E-state index contributed by atoms with van der Waals surface area (Å²) in [5, 5.41) is 0. The van der Waals surface area contributed by atoms with Crippen molar-refractivity contribution >= 4 is 23.4 Å². The van der Waals surface area contributed by atoms with Crippen LogP contribution in [0.15, 0.2) is 30.3 Å². The fourth-order valence-corrected chi connectivity index (χ4v) is 2.23. The van der Waals surface area contributed by atoms with Crippen LogP contribution in [0.3, 0.4) is 0 Å². The highest BCUT2D eigenvalue weighted by molar-refractivity contribution is 7.98. The lowest BCUT2D eigenvalue weighted by atomic mass is 10.2. The molecule has 1 aromatic rings. The van der Waals surface area contributed by atoms with Crippen LogP contribution in [0.2, 0.25) is 0 Å². The minimum absolute atomic E-state index is 0.798. The molecule has 72 valence electrons. The minimum Gasteiger partial charge on any atom is -0.157 e. The van der Waals surface area contributed by atoms with Crippen LogP contribution in [0, 0.1) is 0 Å². The second-order valence-corrected chi connectivity index (χ2v) is 4.42. The summed E-state index contributed by atoms with van der Waals surface area (Å²) < 4.78 is 0. The summed E-state index contributed by atoms with van der Waals surface area (Å²) >= 11 is 7.58. The molecule has 0 heterocycles. The Balaban J connectivity index is 2.07. The third-order valence-electron chi connectivity index (χ3n) is 1.78. The Labute approximate surface area is 89.7 Å². The molecule has 0 radical (unpaired) electrons. The van der Waals surface area contributed by atoms with E-state index in [4.69, 9.17) is 11.6 Å². The van der Waals surface area contributed by atoms with Gasteiger partial charge in [0.1, 0.15) is 0 Å². The normalized spacial score (nSPS) is 10.2. The van der Waals surface area contributed by atoms with Crippen LogP contribution in [0.4, 0.5) is 0 Å². The highest BCUT2D eigenvalue weighted by atomic mass is 35.5. The number of hydrogen-bond acceptors (Lipinski definition) is 1. The topological polar surface area (TPSA) is 0 Å². The highest BCUT2D eigenvalue weighted by Crippen LogP contribution is 2.13. The first kappa shape index (κ1) is 10.9. The fourth-order valence-electron chi connectivity index (χ4n) is 1.06. The van der Waals surface area contributed by atoms with Gasteiger partial charge in [0.15, 0.2) is 0 Å². The largest absolute Gasteiger partial charge is 0.157 e. The van der Waals surface area contributed by atoms with Crippen molar-refractivity contribution < 1.29 is 0 Å². The Hall–Kier alpha value is -0.140. The number of hydrogen-bond donors (Lipinski definition) is 0. The van der Waals surface area contributed by atoms with Gasteiger partial charge in [-0.05, 0) is 24.2 Å². The summed E-state index contributed by atoms with van der Waals surface area (Å²) in [6.45, 7) is 0. The quantitative estimate of drug-likeness (QED) is 0.511. The average Bonchev–Trinajstić information content (AvgIpc) is 2.19. The molecule has 1 aromatic carbocycles. The lowest BCUT2D eigenvalue weighted by Crippen LogP contribution is -1.84. The van der Waals surface area contributed by atoms with Crippen LogP contribution in [0.1, 0.15) is 18.4 Å². The van der Waals surface area contributed by atoms with E-state index in [-0.39, 0.29) is 0 Å². The van der Waals surface area contributed by atoms with Crippen molar-refractivity contribution in [3.63, 3.8) is 0 Å². The third kappa shape index (κ3) is 5.22. The van der Waals surface area contributed by atoms with Crippen molar-refractivity contribution in [1.29, 1.82) is 0 Å². The van der Waals surface area contributed by atoms with Crippen molar-refractivity contribution in [3.05, 3.63) is 35.9 Å². The molecule has 0 spiro atoms. The Morgan fingerprint density at radius 3 is 2.54 bits per heavy atom. The maximum Gasteiger partial charge on any atom is 0.0223 e. The van der Waals surface area contributed by atoms with Gasteiger partial charge in [-0.15, -0.1) is 11.6 Å². The lowest BCUT2D eigenvalue weighted by molar-refractivity contribution is 0.902. The molecular formula is C11H15ClS. The van der Waals surface area contributed by atoms with E-state index >= 15 is 0 Å². The predicted octanol–water partition coefficient (Wildman–Crippen LogP) is 3.94. The van der Waals surface area contributed by atoms with Crippen molar-refractivity contribution in [2.75, 3.05) is 11.6 Å². The maximum absolute atomic E-state index is 5.59. The first-order chi connectivity index (χ1) is 6.43. The Kier molecular flexibility index (Phi) is 6.13. The van der Waals surface area contributed by atoms with E-state index in [0.717, 1.165) is 18.1 Å². The zero-order chi connectivity index (χ0) is 9.36. The molecule has 0 aromatic heterocycles. The SMILES string of the molecule is ClCCCCSCc1ccccc1. The zero-order valence-corrected chi connectivity index (χ0v) is 9.28. The number of rotatable bonds is 6. The number of thioether (sulfide) groups is 1. The van der Waals surface area contributed by atoms with Gasteiger partial charge in [0, 0.05) is 11.6 Å². The van der Waals surface area contributed by atoms with E-state index in [2.05, 4.69) is 30.3 Å². The molecule has 0 N–H and O–H groups in total. The molecule has 0 unspecified atom stereocenters. The Morgan fingerprint density at radius 1 is 1.08 bits per heavy atom. The molecule has 0 fully saturated rings. The van der Waals surface area contributed by atoms with Gasteiger partial charge in [0.05, 0.1) is 0 Å². The van der Waals surface area contributed by atoms with Gasteiger partial charge in [0.2, 0.25) is 0 Å². The van der Waals surface area contributed by atoms with Crippen LogP contribution in [-0.2, 0) is 5.75 Å². The molecule has 0 amide bonds. The molecule has 2 heteroatoms. The smallest absolute Gasteiger partial charge is 0.0223 e. The average molecular weight is 215 g/mol. The van der Waals surface area contributed by atoms with Gasteiger partial charge < -0.3 is 0 Å². The van der Waals surface area contributed by atoms with Gasteiger partial charge in [-0.2, -0.15) is 11.8 Å². The Bertz CT molecular complexity index is 211. The summed E-state index contributed by atoms with van der Waals surface area (Å²) in [7, 11) is 0. The standard InChI is InChI=1S/C11H15ClS/c12-8-4-5-9-13-10-11-6-2-1-3-7-11/h1-3,6-7H,4-5,8-10H2. The van der Waals surface area contributed by atoms with Crippen molar-refractivity contribution in [2.45, 2.75) is 18.6 Å². The summed E-state index contributed by atoms with van der Waals surface area (Å²) in [6.07, 6.45) is 2.38. The first-order valence-electron chi connectivity index (χ1n) is 4.61. The molecule has 0 aliphatic heterocycles. The van der Waals surface area contributed by atoms with Crippen molar-refractivity contribution in [3.8, 4) is 0 Å². The number of halogens is 1. The molecule has 13 heavy (non-hydrogen) atoms. The van der Waals surface area contributed by atoms with E-state index in [0.29, 0.717) is 0 Å². The first-order valence-corrected chi connectivity index (χ1v) is 6.30. The van der Waals surface area contributed by atoms with Gasteiger partial charge in [-0.3, -0.25) is 0 Å². The summed E-state index contributed by atoms with van der Waals surface area (Å²) in [5.74, 6) is 3.15. The van der Waals surface area contributed by atoms with E-state index in [9.17, 15) is 0 Å². The van der Waals surface area contributed by atoms with Gasteiger partial charge in [-0.1, -0.05) is 30.3 Å².